The number of nitrogens with zero attached hydrogens (tertiary/aromatic N) is 1. The number of halogens is 1. The van der Waals surface area contributed by atoms with Crippen LogP contribution in [0.3, 0.4) is 0 Å². The highest BCUT2D eigenvalue weighted by atomic mass is 79.9. The van der Waals surface area contributed by atoms with E-state index in [9.17, 15) is 5.11 Å². The van der Waals surface area contributed by atoms with Crippen LogP contribution in [0.25, 0.3) is 0 Å². The fraction of sp³-hybridized carbons (Fsp3) is 0.250. The van der Waals surface area contributed by atoms with Gasteiger partial charge in [0.25, 0.3) is 0 Å². The molecule has 2 heterocycles. The van der Waals surface area contributed by atoms with Crippen molar-refractivity contribution in [3.8, 4) is 0 Å². The van der Waals surface area contributed by atoms with Crippen molar-refractivity contribution in [2.75, 3.05) is 11.9 Å². The minimum absolute atomic E-state index is 0.464. The molecule has 0 aliphatic rings. The number of aliphatic hydroxyl groups is 1. The molecule has 0 fully saturated rings. The van der Waals surface area contributed by atoms with Gasteiger partial charge >= 0.3 is 0 Å². The van der Waals surface area contributed by atoms with Gasteiger partial charge in [0.15, 0.2) is 0 Å². The number of aliphatic hydroxyl groups excluding tert-OH is 1. The number of aromatic nitrogens is 1. The summed E-state index contributed by atoms with van der Waals surface area (Å²) in [6.45, 7) is 2.45. The van der Waals surface area contributed by atoms with Crippen LogP contribution in [0, 0.1) is 6.92 Å². The van der Waals surface area contributed by atoms with E-state index in [1.54, 1.807) is 17.5 Å². The van der Waals surface area contributed by atoms with E-state index in [2.05, 4.69) is 26.2 Å². The van der Waals surface area contributed by atoms with E-state index in [4.69, 9.17) is 0 Å². The third-order valence-corrected chi connectivity index (χ3v) is 3.57. The molecular weight excluding hydrogens is 300 g/mol. The molecule has 1 atom stereocenters. The minimum atomic E-state index is -0.494. The SMILES string of the molecule is Cc1cc(Br)cnc1NCC(O)c1ccsc1. The minimum Gasteiger partial charge on any atom is -0.387 e. The Morgan fingerprint density at radius 1 is 1.59 bits per heavy atom. The second kappa shape index (κ2) is 5.62. The van der Waals surface area contributed by atoms with Crippen molar-refractivity contribution in [1.82, 2.24) is 4.98 Å². The Labute approximate surface area is 113 Å². The lowest BCUT2D eigenvalue weighted by Gasteiger charge is -2.12. The van der Waals surface area contributed by atoms with Crippen molar-refractivity contribution in [1.29, 1.82) is 0 Å². The molecule has 0 radical (unpaired) electrons. The van der Waals surface area contributed by atoms with Gasteiger partial charge in [-0.25, -0.2) is 4.98 Å². The summed E-state index contributed by atoms with van der Waals surface area (Å²) in [5.74, 6) is 0.808. The predicted molar refractivity (Wildman–Crippen MR) is 74.4 cm³/mol. The highest BCUT2D eigenvalue weighted by Crippen LogP contribution is 2.19. The maximum Gasteiger partial charge on any atom is 0.129 e. The van der Waals surface area contributed by atoms with Crippen molar-refractivity contribution >= 4 is 33.1 Å². The Hall–Kier alpha value is -0.910. The molecule has 0 aliphatic carbocycles. The van der Waals surface area contributed by atoms with E-state index in [0.29, 0.717) is 6.54 Å². The van der Waals surface area contributed by atoms with E-state index < -0.39 is 6.10 Å². The molecule has 0 spiro atoms. The lowest BCUT2D eigenvalue weighted by molar-refractivity contribution is 0.192. The average molecular weight is 313 g/mol. The Balaban J connectivity index is 1.98. The molecule has 0 aliphatic heterocycles. The summed E-state index contributed by atoms with van der Waals surface area (Å²) < 4.78 is 0.957. The van der Waals surface area contributed by atoms with Crippen LogP contribution in [0.2, 0.25) is 0 Å². The van der Waals surface area contributed by atoms with Crippen LogP contribution in [0.1, 0.15) is 17.2 Å². The predicted octanol–water partition coefficient (Wildman–Crippen LogP) is 3.36. The smallest absolute Gasteiger partial charge is 0.129 e. The summed E-state index contributed by atoms with van der Waals surface area (Å²) >= 11 is 4.95. The molecule has 5 heteroatoms. The van der Waals surface area contributed by atoms with Crippen molar-refractivity contribution in [3.05, 3.63) is 44.7 Å². The summed E-state index contributed by atoms with van der Waals surface area (Å²) in [6.07, 6.45) is 1.25. The van der Waals surface area contributed by atoms with Crippen LogP contribution in [0.5, 0.6) is 0 Å². The highest BCUT2D eigenvalue weighted by Gasteiger charge is 2.08. The molecule has 2 N–H and O–H groups in total. The summed E-state index contributed by atoms with van der Waals surface area (Å²) in [6, 6.07) is 3.92. The lowest BCUT2D eigenvalue weighted by Crippen LogP contribution is -2.13. The van der Waals surface area contributed by atoms with Gasteiger partial charge in [-0.15, -0.1) is 0 Å². The first kappa shape index (κ1) is 12.5. The van der Waals surface area contributed by atoms with Gasteiger partial charge in [0, 0.05) is 17.2 Å². The summed E-state index contributed by atoms with van der Waals surface area (Å²) in [5.41, 5.74) is 1.99. The monoisotopic (exact) mass is 312 g/mol. The maximum atomic E-state index is 9.92. The van der Waals surface area contributed by atoms with E-state index in [1.807, 2.05) is 29.8 Å². The fourth-order valence-corrected chi connectivity index (χ4v) is 2.65. The van der Waals surface area contributed by atoms with Gasteiger partial charge in [-0.05, 0) is 56.9 Å². The van der Waals surface area contributed by atoms with Gasteiger partial charge in [0.05, 0.1) is 6.10 Å². The van der Waals surface area contributed by atoms with Crippen LogP contribution in [-0.4, -0.2) is 16.6 Å². The van der Waals surface area contributed by atoms with Crippen molar-refractivity contribution < 1.29 is 5.11 Å². The van der Waals surface area contributed by atoms with Gasteiger partial charge in [-0.1, -0.05) is 0 Å². The Bertz CT molecular complexity index is 487. The van der Waals surface area contributed by atoms with Gasteiger partial charge in [0.1, 0.15) is 5.82 Å². The zero-order chi connectivity index (χ0) is 12.3. The summed E-state index contributed by atoms with van der Waals surface area (Å²) in [5, 5.41) is 17.0. The van der Waals surface area contributed by atoms with Crippen LogP contribution in [0.4, 0.5) is 5.82 Å². The Morgan fingerprint density at radius 3 is 3.06 bits per heavy atom. The second-order valence-electron chi connectivity index (χ2n) is 3.77. The molecule has 2 aromatic heterocycles. The number of rotatable bonds is 4. The Morgan fingerprint density at radius 2 is 2.41 bits per heavy atom. The molecular formula is C12H13BrN2OS. The fourth-order valence-electron chi connectivity index (χ4n) is 1.50. The van der Waals surface area contributed by atoms with Gasteiger partial charge in [-0.3, -0.25) is 0 Å². The van der Waals surface area contributed by atoms with Crippen LogP contribution >= 0.6 is 27.3 Å². The number of anilines is 1. The van der Waals surface area contributed by atoms with Crippen molar-refractivity contribution in [2.24, 2.45) is 0 Å². The first-order chi connectivity index (χ1) is 8.16. The molecule has 2 aromatic rings. The Kier molecular flexibility index (Phi) is 4.15. The van der Waals surface area contributed by atoms with E-state index in [1.165, 1.54) is 0 Å². The third kappa shape index (κ3) is 3.28. The largest absolute Gasteiger partial charge is 0.387 e. The molecule has 0 aromatic carbocycles. The van der Waals surface area contributed by atoms with Crippen LogP contribution < -0.4 is 5.32 Å². The number of hydrogen-bond donors (Lipinski definition) is 2. The molecule has 17 heavy (non-hydrogen) atoms. The van der Waals surface area contributed by atoms with Gasteiger partial charge in [0.2, 0.25) is 0 Å². The number of nitrogens with one attached hydrogen (secondary N) is 1. The van der Waals surface area contributed by atoms with Crippen molar-refractivity contribution in [2.45, 2.75) is 13.0 Å². The van der Waals surface area contributed by atoms with E-state index in [-0.39, 0.29) is 0 Å². The maximum absolute atomic E-state index is 9.92. The quantitative estimate of drug-likeness (QED) is 0.910. The first-order valence-corrected chi connectivity index (χ1v) is 6.96. The van der Waals surface area contributed by atoms with Crippen LogP contribution in [-0.2, 0) is 0 Å². The average Bonchev–Trinajstić information content (AvgIpc) is 2.81. The van der Waals surface area contributed by atoms with Gasteiger partial charge < -0.3 is 10.4 Å². The zero-order valence-corrected chi connectivity index (χ0v) is 11.8. The van der Waals surface area contributed by atoms with Gasteiger partial charge in [-0.2, -0.15) is 11.3 Å². The zero-order valence-electron chi connectivity index (χ0n) is 9.35. The number of hydrogen-bond acceptors (Lipinski definition) is 4. The molecule has 3 nitrogen and oxygen atoms in total. The normalized spacial score (nSPS) is 12.4. The molecule has 0 bridgehead atoms. The van der Waals surface area contributed by atoms with E-state index in [0.717, 1.165) is 21.4 Å². The third-order valence-electron chi connectivity index (χ3n) is 2.44. The summed E-state index contributed by atoms with van der Waals surface area (Å²) in [4.78, 5) is 4.26. The molecule has 0 amide bonds. The number of thiophene rings is 1. The van der Waals surface area contributed by atoms with E-state index >= 15 is 0 Å². The topological polar surface area (TPSA) is 45.2 Å². The standard InChI is InChI=1S/C12H13BrN2OS/c1-8-4-10(13)5-14-12(8)15-6-11(16)9-2-3-17-7-9/h2-5,7,11,16H,6H2,1H3,(H,14,15). The highest BCUT2D eigenvalue weighted by molar-refractivity contribution is 9.10. The molecule has 0 saturated heterocycles. The first-order valence-electron chi connectivity index (χ1n) is 5.23. The summed E-state index contributed by atoms with van der Waals surface area (Å²) in [7, 11) is 0. The van der Waals surface area contributed by atoms with Crippen LogP contribution in [0.15, 0.2) is 33.6 Å². The van der Waals surface area contributed by atoms with Crippen molar-refractivity contribution in [3.63, 3.8) is 0 Å². The lowest BCUT2D eigenvalue weighted by atomic mass is 10.2. The molecule has 0 saturated carbocycles. The number of pyridine rings is 1. The second-order valence-corrected chi connectivity index (χ2v) is 5.47. The molecule has 90 valence electrons. The molecule has 1 unspecified atom stereocenters. The molecule has 2 rings (SSSR count). The number of aryl methyl sites for hydroxylation is 1.